The number of hydrogen-bond donors (Lipinski definition) is 0. The number of rotatable bonds is 4. The Morgan fingerprint density at radius 1 is 1.11 bits per heavy atom. The minimum atomic E-state index is 0.394. The Bertz CT molecular complexity index is 582. The molecule has 0 amide bonds. The van der Waals surface area contributed by atoms with Crippen molar-refractivity contribution in [2.45, 2.75) is 0 Å². The van der Waals surface area contributed by atoms with Gasteiger partial charge < -0.3 is 9.47 Å². The maximum atomic E-state index is 5.88. The summed E-state index contributed by atoms with van der Waals surface area (Å²) in [5.74, 6) is 0.472. The van der Waals surface area contributed by atoms with Gasteiger partial charge >= 0.3 is 0 Å². The molecule has 0 atom stereocenters. The molecule has 0 aliphatic carbocycles. The minimum absolute atomic E-state index is 0.394. The van der Waals surface area contributed by atoms with Crippen LogP contribution in [-0.2, 0) is 4.74 Å². The maximum Gasteiger partial charge on any atom is 0.222 e. The number of pyridine rings is 1. The molecule has 98 valence electrons. The summed E-state index contributed by atoms with van der Waals surface area (Å²) in [6.07, 6.45) is 1.67. The highest BCUT2D eigenvalue weighted by molar-refractivity contribution is 6.29. The predicted octanol–water partition coefficient (Wildman–Crippen LogP) is 3.78. The van der Waals surface area contributed by atoms with Crippen molar-refractivity contribution in [1.82, 2.24) is 4.98 Å². The van der Waals surface area contributed by atoms with Gasteiger partial charge in [-0.25, -0.2) is 4.98 Å². The molecule has 0 saturated carbocycles. The lowest BCUT2D eigenvalue weighted by Crippen LogP contribution is -1.97. The van der Waals surface area contributed by atoms with Crippen LogP contribution in [-0.4, -0.2) is 19.2 Å². The average molecular weight is 276 g/mol. The zero-order chi connectivity index (χ0) is 13.7. The third kappa shape index (κ3) is 3.06. The van der Waals surface area contributed by atoms with Crippen molar-refractivity contribution >= 4 is 17.2 Å². The van der Waals surface area contributed by atoms with E-state index in [-0.39, 0.29) is 0 Å². The van der Waals surface area contributed by atoms with Gasteiger partial charge in [0.2, 0.25) is 5.88 Å². The summed E-state index contributed by atoms with van der Waals surface area (Å²) in [6, 6.07) is 13.5. The van der Waals surface area contributed by atoms with Crippen LogP contribution in [0, 0.1) is 0 Å². The highest BCUT2D eigenvalue weighted by Crippen LogP contribution is 2.30. The molecule has 0 bridgehead atoms. The van der Waals surface area contributed by atoms with Crippen molar-refractivity contribution in [1.29, 1.82) is 0 Å². The lowest BCUT2D eigenvalue weighted by molar-refractivity contribution is 0.339. The van der Waals surface area contributed by atoms with Gasteiger partial charge in [-0.15, -0.1) is 0 Å². The van der Waals surface area contributed by atoms with Crippen molar-refractivity contribution in [3.8, 4) is 5.88 Å². The maximum absolute atomic E-state index is 5.88. The number of nitrogens with zero attached hydrogens (tertiary/aromatic N) is 1. The molecular weight excluding hydrogens is 262 g/mol. The van der Waals surface area contributed by atoms with Crippen LogP contribution in [0.15, 0.2) is 48.7 Å². The van der Waals surface area contributed by atoms with E-state index >= 15 is 0 Å². The van der Waals surface area contributed by atoms with E-state index < -0.39 is 0 Å². The number of hydrogen-bond acceptors (Lipinski definition) is 3. The summed E-state index contributed by atoms with van der Waals surface area (Å²) < 4.78 is 10.4. The number of ether oxygens (including phenoxy) is 2. The van der Waals surface area contributed by atoms with Gasteiger partial charge in [-0.05, 0) is 17.7 Å². The van der Waals surface area contributed by atoms with Crippen LogP contribution in [0.2, 0.25) is 5.15 Å². The molecule has 19 heavy (non-hydrogen) atoms. The Balaban J connectivity index is 2.55. The van der Waals surface area contributed by atoms with Gasteiger partial charge in [-0.3, -0.25) is 0 Å². The smallest absolute Gasteiger partial charge is 0.222 e. The van der Waals surface area contributed by atoms with E-state index in [9.17, 15) is 0 Å². The minimum Gasteiger partial charge on any atom is -0.504 e. The van der Waals surface area contributed by atoms with Crippen LogP contribution in [0.25, 0.3) is 5.57 Å². The van der Waals surface area contributed by atoms with E-state index in [0.717, 1.165) is 16.7 Å². The second-order valence-electron chi connectivity index (χ2n) is 3.82. The van der Waals surface area contributed by atoms with Crippen LogP contribution >= 0.6 is 11.6 Å². The summed E-state index contributed by atoms with van der Waals surface area (Å²) in [6.45, 7) is 0. The van der Waals surface area contributed by atoms with E-state index in [2.05, 4.69) is 4.98 Å². The summed E-state index contributed by atoms with van der Waals surface area (Å²) in [7, 11) is 3.18. The van der Waals surface area contributed by atoms with Gasteiger partial charge in [0.1, 0.15) is 5.15 Å². The number of halogens is 1. The third-order valence-corrected chi connectivity index (χ3v) is 2.84. The summed E-state index contributed by atoms with van der Waals surface area (Å²) in [5.41, 5.74) is 2.75. The van der Waals surface area contributed by atoms with Crippen LogP contribution in [0.5, 0.6) is 5.88 Å². The summed E-state index contributed by atoms with van der Waals surface area (Å²) >= 11 is 5.88. The highest BCUT2D eigenvalue weighted by Gasteiger charge is 2.13. The number of benzene rings is 1. The third-order valence-electron chi connectivity index (χ3n) is 2.63. The van der Waals surface area contributed by atoms with Crippen molar-refractivity contribution in [3.05, 3.63) is 65.0 Å². The van der Waals surface area contributed by atoms with E-state index in [1.165, 1.54) is 0 Å². The Morgan fingerprint density at radius 3 is 2.47 bits per heavy atom. The van der Waals surface area contributed by atoms with Crippen LogP contribution < -0.4 is 4.74 Å². The van der Waals surface area contributed by atoms with Crippen LogP contribution in [0.4, 0.5) is 0 Å². The van der Waals surface area contributed by atoms with Crippen LogP contribution in [0.3, 0.4) is 0 Å². The largest absolute Gasteiger partial charge is 0.504 e. The first-order chi connectivity index (χ1) is 9.26. The fourth-order valence-electron chi connectivity index (χ4n) is 1.80. The topological polar surface area (TPSA) is 31.4 Å². The number of aromatic nitrogens is 1. The molecule has 3 nitrogen and oxygen atoms in total. The zero-order valence-electron chi connectivity index (χ0n) is 10.8. The van der Waals surface area contributed by atoms with Gasteiger partial charge in [0.15, 0.2) is 0 Å². The highest BCUT2D eigenvalue weighted by atomic mass is 35.5. The van der Waals surface area contributed by atoms with E-state index in [1.54, 1.807) is 26.5 Å². The Morgan fingerprint density at radius 2 is 1.84 bits per heavy atom. The van der Waals surface area contributed by atoms with Crippen molar-refractivity contribution < 1.29 is 9.47 Å². The molecule has 4 heteroatoms. The molecule has 0 N–H and O–H groups in total. The fraction of sp³-hybridized carbons (Fsp3) is 0.133. The Labute approximate surface area is 117 Å². The van der Waals surface area contributed by atoms with Gasteiger partial charge in [0.25, 0.3) is 0 Å². The first-order valence-corrected chi connectivity index (χ1v) is 6.13. The molecule has 1 heterocycles. The van der Waals surface area contributed by atoms with Gasteiger partial charge in [-0.1, -0.05) is 41.9 Å². The molecular formula is C15H14ClNO2. The van der Waals surface area contributed by atoms with E-state index in [1.807, 2.05) is 36.4 Å². The van der Waals surface area contributed by atoms with Crippen molar-refractivity contribution in [2.24, 2.45) is 0 Å². The van der Waals surface area contributed by atoms with Gasteiger partial charge in [-0.2, -0.15) is 0 Å². The molecule has 0 spiro atoms. The predicted molar refractivity (Wildman–Crippen MR) is 76.3 cm³/mol. The average Bonchev–Trinajstić information content (AvgIpc) is 2.46. The molecule has 0 radical (unpaired) electrons. The molecule has 1 aromatic heterocycles. The molecule has 2 rings (SSSR count). The van der Waals surface area contributed by atoms with Crippen molar-refractivity contribution in [3.63, 3.8) is 0 Å². The Kier molecular flexibility index (Phi) is 4.42. The van der Waals surface area contributed by atoms with Gasteiger partial charge in [0, 0.05) is 11.1 Å². The monoisotopic (exact) mass is 275 g/mol. The molecule has 0 saturated heterocycles. The zero-order valence-corrected chi connectivity index (χ0v) is 11.5. The quantitative estimate of drug-likeness (QED) is 0.629. The van der Waals surface area contributed by atoms with E-state index in [4.69, 9.17) is 21.1 Å². The summed E-state index contributed by atoms with van der Waals surface area (Å²) in [4.78, 5) is 4.17. The second-order valence-corrected chi connectivity index (χ2v) is 4.21. The van der Waals surface area contributed by atoms with Crippen LogP contribution in [0.1, 0.15) is 11.1 Å². The SMILES string of the molecule is CO/C=C(/c1ccccc1)c1ccc(Cl)nc1OC. The summed E-state index contributed by atoms with van der Waals surface area (Å²) in [5, 5.41) is 0.394. The molecule has 0 fully saturated rings. The Hall–Kier alpha value is -2.00. The molecule has 0 aliphatic heterocycles. The second kappa shape index (κ2) is 6.25. The molecule has 2 aromatic rings. The first-order valence-electron chi connectivity index (χ1n) is 5.75. The lowest BCUT2D eigenvalue weighted by Gasteiger charge is -2.11. The molecule has 0 aliphatic rings. The standard InChI is InChI=1S/C15H14ClNO2/c1-18-10-13(11-6-4-3-5-7-11)12-8-9-14(16)17-15(12)19-2/h3-10H,1-2H3/b13-10-. The lowest BCUT2D eigenvalue weighted by atomic mass is 10.0. The normalized spacial score (nSPS) is 11.2. The molecule has 0 unspecified atom stereocenters. The van der Waals surface area contributed by atoms with Crippen molar-refractivity contribution in [2.75, 3.05) is 14.2 Å². The van der Waals surface area contributed by atoms with Gasteiger partial charge in [0.05, 0.1) is 20.5 Å². The first kappa shape index (κ1) is 13.4. The van der Waals surface area contributed by atoms with E-state index in [0.29, 0.717) is 11.0 Å². The fourth-order valence-corrected chi connectivity index (χ4v) is 1.94. The molecule has 1 aromatic carbocycles. The number of methoxy groups -OCH3 is 2.